The lowest BCUT2D eigenvalue weighted by Gasteiger charge is -2.31. The molecule has 30 heavy (non-hydrogen) atoms. The molecule has 1 atom stereocenters. The van der Waals surface area contributed by atoms with E-state index < -0.39 is 29.2 Å². The lowest BCUT2D eigenvalue weighted by Crippen LogP contribution is -2.46. The number of para-hydroxylation sites is 1. The molecule has 2 aliphatic rings. The van der Waals surface area contributed by atoms with Crippen LogP contribution in [-0.2, 0) is 17.8 Å². The number of benzene rings is 1. The minimum atomic E-state index is -0.878. The van der Waals surface area contributed by atoms with Crippen LogP contribution in [0.3, 0.4) is 0 Å². The van der Waals surface area contributed by atoms with Crippen molar-refractivity contribution in [3.05, 3.63) is 69.8 Å². The Bertz CT molecular complexity index is 1250. The summed E-state index contributed by atoms with van der Waals surface area (Å²) in [6.07, 6.45) is 0.835. The van der Waals surface area contributed by atoms with E-state index in [1.54, 1.807) is 6.07 Å². The number of rotatable bonds is 3. The largest absolute Gasteiger partial charge is 0.503 e. The summed E-state index contributed by atoms with van der Waals surface area (Å²) in [4.78, 5) is 43.8. The average molecular weight is 406 g/mol. The zero-order valence-electron chi connectivity index (χ0n) is 15.9. The summed E-state index contributed by atoms with van der Waals surface area (Å²) < 4.78 is 6.92. The van der Waals surface area contributed by atoms with Gasteiger partial charge in [0.1, 0.15) is 5.56 Å². The highest BCUT2D eigenvalue weighted by Crippen LogP contribution is 2.26. The molecule has 0 spiro atoms. The lowest BCUT2D eigenvalue weighted by atomic mass is 10.1. The topological polar surface area (TPSA) is 114 Å². The summed E-state index contributed by atoms with van der Waals surface area (Å²) in [5.41, 5.74) is 0.202. The molecule has 0 aliphatic carbocycles. The normalized spacial score (nSPS) is 17.7. The molecule has 1 fully saturated rings. The Hall–Kier alpha value is -3.72. The molecule has 152 valence electrons. The molecule has 9 heteroatoms. The smallest absolute Gasteiger partial charge is 0.276 e. The fourth-order valence-corrected chi connectivity index (χ4v) is 3.86. The van der Waals surface area contributed by atoms with Crippen LogP contribution in [0.2, 0.25) is 0 Å². The Kier molecular flexibility index (Phi) is 4.25. The van der Waals surface area contributed by atoms with Crippen molar-refractivity contribution < 1.29 is 19.4 Å². The number of pyridine rings is 2. The van der Waals surface area contributed by atoms with Gasteiger partial charge in [-0.2, -0.15) is 0 Å². The minimum absolute atomic E-state index is 0.115. The fraction of sp³-hybridized carbons (Fsp3) is 0.238. The van der Waals surface area contributed by atoms with Gasteiger partial charge in [0.2, 0.25) is 5.43 Å². The number of nitrogens with one attached hydrogen (secondary N) is 1. The van der Waals surface area contributed by atoms with Gasteiger partial charge in [-0.1, -0.05) is 24.3 Å². The van der Waals surface area contributed by atoms with Crippen molar-refractivity contribution in [3.63, 3.8) is 0 Å². The van der Waals surface area contributed by atoms with Gasteiger partial charge in [0.25, 0.3) is 11.8 Å². The van der Waals surface area contributed by atoms with E-state index in [0.717, 1.165) is 10.9 Å². The predicted octanol–water partition coefficient (Wildman–Crippen LogP) is 0.844. The highest BCUT2D eigenvalue weighted by Gasteiger charge is 2.39. The first-order chi connectivity index (χ1) is 14.5. The number of aromatic nitrogens is 2. The molecule has 9 nitrogen and oxygen atoms in total. The Balaban J connectivity index is 1.41. The maximum atomic E-state index is 12.7. The average Bonchev–Trinajstić information content (AvgIpc) is 3.23. The van der Waals surface area contributed by atoms with E-state index in [1.807, 2.05) is 30.3 Å². The molecule has 2 N–H and O–H groups in total. The second kappa shape index (κ2) is 6.96. The molecule has 5 rings (SSSR count). The van der Waals surface area contributed by atoms with Crippen LogP contribution >= 0.6 is 0 Å². The minimum Gasteiger partial charge on any atom is -0.503 e. The van der Waals surface area contributed by atoms with Crippen molar-refractivity contribution in [2.45, 2.75) is 19.3 Å². The molecule has 0 radical (unpaired) electrons. The van der Waals surface area contributed by atoms with Gasteiger partial charge in [-0.05, 0) is 12.1 Å². The summed E-state index contributed by atoms with van der Waals surface area (Å²) in [5, 5.41) is 14.0. The standard InChI is InChI=1S/C21H18N4O5/c26-18-14(10-24-11-16-25(7-8-30-16)21(29)17(24)19(18)27)20(28)22-9-13-6-5-12-3-1-2-4-15(12)23-13/h1-6,10,16,27H,7-9,11H2,(H,22,28). The van der Waals surface area contributed by atoms with Crippen LogP contribution in [0.1, 0.15) is 26.5 Å². The van der Waals surface area contributed by atoms with Gasteiger partial charge in [0.15, 0.2) is 17.7 Å². The quantitative estimate of drug-likeness (QED) is 0.667. The molecule has 0 saturated carbocycles. The van der Waals surface area contributed by atoms with Crippen LogP contribution in [-0.4, -0.2) is 50.8 Å². The second-order valence-corrected chi connectivity index (χ2v) is 7.22. The Morgan fingerprint density at radius 3 is 2.93 bits per heavy atom. The Labute approximate surface area is 170 Å². The summed E-state index contributed by atoms with van der Waals surface area (Å²) in [7, 11) is 0. The first-order valence-corrected chi connectivity index (χ1v) is 9.55. The molecular weight excluding hydrogens is 388 g/mol. The van der Waals surface area contributed by atoms with Crippen LogP contribution in [0.4, 0.5) is 0 Å². The van der Waals surface area contributed by atoms with Crippen LogP contribution in [0.25, 0.3) is 10.9 Å². The zero-order valence-corrected chi connectivity index (χ0v) is 15.9. The van der Waals surface area contributed by atoms with Crippen LogP contribution in [0.5, 0.6) is 5.75 Å². The molecule has 1 unspecified atom stereocenters. The van der Waals surface area contributed by atoms with Gasteiger partial charge < -0.3 is 24.6 Å². The van der Waals surface area contributed by atoms with Crippen molar-refractivity contribution in [3.8, 4) is 5.75 Å². The molecule has 2 amide bonds. The number of carbonyl (C=O) groups is 2. The van der Waals surface area contributed by atoms with E-state index in [1.165, 1.54) is 15.7 Å². The molecule has 1 saturated heterocycles. The van der Waals surface area contributed by atoms with Gasteiger partial charge in [0, 0.05) is 18.1 Å². The molecule has 3 aromatic rings. The van der Waals surface area contributed by atoms with E-state index in [9.17, 15) is 19.5 Å². The monoisotopic (exact) mass is 406 g/mol. The molecule has 2 aliphatic heterocycles. The van der Waals surface area contributed by atoms with E-state index in [2.05, 4.69) is 10.3 Å². The number of nitrogens with zero attached hydrogens (tertiary/aromatic N) is 3. The number of fused-ring (bicyclic) bond motifs is 3. The predicted molar refractivity (Wildman–Crippen MR) is 106 cm³/mol. The molecular formula is C21H18N4O5. The van der Waals surface area contributed by atoms with E-state index in [0.29, 0.717) is 18.8 Å². The maximum absolute atomic E-state index is 12.7. The van der Waals surface area contributed by atoms with E-state index in [-0.39, 0.29) is 24.3 Å². The summed E-state index contributed by atoms with van der Waals surface area (Å²) >= 11 is 0. The first-order valence-electron chi connectivity index (χ1n) is 9.55. The van der Waals surface area contributed by atoms with Gasteiger partial charge in [0.05, 0.1) is 30.9 Å². The Morgan fingerprint density at radius 2 is 2.07 bits per heavy atom. The Morgan fingerprint density at radius 1 is 1.23 bits per heavy atom. The number of ether oxygens (including phenoxy) is 1. The van der Waals surface area contributed by atoms with Gasteiger partial charge in [-0.3, -0.25) is 19.4 Å². The SMILES string of the molecule is O=C(NCc1ccc2ccccc2n1)c1cn2c(c(O)c1=O)C(=O)N1CCOC1C2. The highest BCUT2D eigenvalue weighted by molar-refractivity contribution is 5.99. The molecule has 0 bridgehead atoms. The summed E-state index contributed by atoms with van der Waals surface area (Å²) in [5.74, 6) is -1.85. The summed E-state index contributed by atoms with van der Waals surface area (Å²) in [6.45, 7) is 1.14. The highest BCUT2D eigenvalue weighted by atomic mass is 16.5. The fourth-order valence-electron chi connectivity index (χ4n) is 3.86. The van der Waals surface area contributed by atoms with E-state index >= 15 is 0 Å². The molecule has 2 aromatic heterocycles. The third kappa shape index (κ3) is 2.91. The number of amides is 2. The van der Waals surface area contributed by atoms with E-state index in [4.69, 9.17) is 4.74 Å². The van der Waals surface area contributed by atoms with Crippen LogP contribution in [0, 0.1) is 0 Å². The van der Waals surface area contributed by atoms with Crippen molar-refractivity contribution in [2.75, 3.05) is 13.2 Å². The third-order valence-electron chi connectivity index (χ3n) is 5.39. The van der Waals surface area contributed by atoms with Crippen molar-refractivity contribution in [2.24, 2.45) is 0 Å². The van der Waals surface area contributed by atoms with Gasteiger partial charge in [-0.25, -0.2) is 0 Å². The van der Waals surface area contributed by atoms with Gasteiger partial charge >= 0.3 is 0 Å². The van der Waals surface area contributed by atoms with Crippen molar-refractivity contribution in [1.82, 2.24) is 19.8 Å². The third-order valence-corrected chi connectivity index (χ3v) is 5.39. The molecule has 4 heterocycles. The molecule has 1 aromatic carbocycles. The summed E-state index contributed by atoms with van der Waals surface area (Å²) in [6, 6.07) is 11.3. The lowest BCUT2D eigenvalue weighted by molar-refractivity contribution is 0.00845. The van der Waals surface area contributed by atoms with Crippen LogP contribution in [0.15, 0.2) is 47.4 Å². The van der Waals surface area contributed by atoms with Gasteiger partial charge in [-0.15, -0.1) is 0 Å². The van der Waals surface area contributed by atoms with Crippen LogP contribution < -0.4 is 10.7 Å². The number of hydrogen-bond donors (Lipinski definition) is 2. The number of hydrogen-bond acceptors (Lipinski definition) is 6. The number of carbonyl (C=O) groups excluding carboxylic acids is 2. The zero-order chi connectivity index (χ0) is 20.8. The number of aromatic hydroxyl groups is 1. The van der Waals surface area contributed by atoms with Crippen molar-refractivity contribution >= 4 is 22.7 Å². The van der Waals surface area contributed by atoms with Crippen molar-refractivity contribution in [1.29, 1.82) is 0 Å². The first kappa shape index (κ1) is 18.3. The second-order valence-electron chi connectivity index (χ2n) is 7.22. The maximum Gasteiger partial charge on any atom is 0.276 e.